The number of nitrogens with two attached hydrogens (primary N) is 2. The van der Waals surface area contributed by atoms with E-state index in [1.54, 1.807) is 0 Å². The molecule has 0 fully saturated rings. The monoisotopic (exact) mass is 250 g/mol. The summed E-state index contributed by atoms with van der Waals surface area (Å²) in [5.41, 5.74) is 11.6. The number of amides is 2. The van der Waals surface area contributed by atoms with Crippen LogP contribution < -0.4 is 11.5 Å². The first-order valence-corrected chi connectivity index (χ1v) is 6.29. The van der Waals surface area contributed by atoms with E-state index in [0.717, 1.165) is 6.42 Å². The zero-order valence-corrected chi connectivity index (χ0v) is 11.1. The van der Waals surface area contributed by atoms with Gasteiger partial charge in [0.05, 0.1) is 0 Å². The number of carbonyl (C=O) groups is 2. The lowest BCUT2D eigenvalue weighted by Gasteiger charge is -2.34. The van der Waals surface area contributed by atoms with Gasteiger partial charge in [-0.1, -0.05) is 30.7 Å². The van der Waals surface area contributed by atoms with Gasteiger partial charge in [-0.05, 0) is 26.2 Å². The van der Waals surface area contributed by atoms with Crippen LogP contribution in [0.25, 0.3) is 0 Å². The molecule has 0 radical (unpaired) electrons. The highest BCUT2D eigenvalue weighted by Crippen LogP contribution is 2.39. The fraction of sp³-hybridized carbons (Fsp3) is 0.571. The number of allylic oxidation sites excluding steroid dienone is 4. The zero-order chi connectivity index (χ0) is 13.8. The fourth-order valence-corrected chi connectivity index (χ4v) is 2.37. The molecule has 0 aliphatic heterocycles. The second kappa shape index (κ2) is 5.85. The molecule has 1 aliphatic carbocycles. The summed E-state index contributed by atoms with van der Waals surface area (Å²) in [6.07, 6.45) is 8.51. The molecular formula is C14H22N2O2. The molecule has 18 heavy (non-hydrogen) atoms. The lowest BCUT2D eigenvalue weighted by atomic mass is 9.69. The predicted octanol–water partition coefficient (Wildman–Crippen LogP) is 1.66. The van der Waals surface area contributed by atoms with E-state index in [-0.39, 0.29) is 23.1 Å². The lowest BCUT2D eigenvalue weighted by Crippen LogP contribution is -2.37. The van der Waals surface area contributed by atoms with Crippen LogP contribution in [0.15, 0.2) is 23.8 Å². The largest absolute Gasteiger partial charge is 0.370 e. The molecule has 2 unspecified atom stereocenters. The van der Waals surface area contributed by atoms with E-state index < -0.39 is 0 Å². The summed E-state index contributed by atoms with van der Waals surface area (Å²) in [5.74, 6) is -0.893. The van der Waals surface area contributed by atoms with Gasteiger partial charge in [0, 0.05) is 17.8 Å². The summed E-state index contributed by atoms with van der Waals surface area (Å²) in [6, 6.07) is 0. The van der Waals surface area contributed by atoms with Crippen molar-refractivity contribution in [3.63, 3.8) is 0 Å². The lowest BCUT2D eigenvalue weighted by molar-refractivity contribution is -0.125. The van der Waals surface area contributed by atoms with Crippen LogP contribution in [0, 0.1) is 11.3 Å². The Balaban J connectivity index is 2.70. The summed E-state index contributed by atoms with van der Waals surface area (Å²) in [7, 11) is 0. The Morgan fingerprint density at radius 1 is 1.44 bits per heavy atom. The van der Waals surface area contributed by atoms with Gasteiger partial charge < -0.3 is 11.5 Å². The van der Waals surface area contributed by atoms with Gasteiger partial charge >= 0.3 is 0 Å². The van der Waals surface area contributed by atoms with E-state index in [9.17, 15) is 9.59 Å². The van der Waals surface area contributed by atoms with E-state index in [4.69, 9.17) is 11.5 Å². The minimum Gasteiger partial charge on any atom is -0.370 e. The number of hydrogen-bond donors (Lipinski definition) is 2. The van der Waals surface area contributed by atoms with E-state index in [2.05, 4.69) is 12.2 Å². The Morgan fingerprint density at radius 3 is 2.56 bits per heavy atom. The van der Waals surface area contributed by atoms with Crippen LogP contribution in [0.5, 0.6) is 0 Å². The van der Waals surface area contributed by atoms with E-state index in [0.29, 0.717) is 19.3 Å². The van der Waals surface area contributed by atoms with E-state index in [1.165, 1.54) is 5.57 Å². The SMILES string of the molecule is CC1=CCC(C)(C(CCCC(N)=O)C(N)=O)C=C1. The Bertz CT molecular complexity index is 399. The van der Waals surface area contributed by atoms with Crippen molar-refractivity contribution in [2.24, 2.45) is 22.8 Å². The minimum atomic E-state index is -0.335. The number of hydrogen-bond acceptors (Lipinski definition) is 2. The van der Waals surface area contributed by atoms with Crippen molar-refractivity contribution in [1.82, 2.24) is 0 Å². The molecule has 2 atom stereocenters. The quantitative estimate of drug-likeness (QED) is 0.751. The highest BCUT2D eigenvalue weighted by atomic mass is 16.1. The molecule has 0 bridgehead atoms. The van der Waals surface area contributed by atoms with E-state index >= 15 is 0 Å². The first-order valence-electron chi connectivity index (χ1n) is 6.29. The maximum Gasteiger partial charge on any atom is 0.221 e. The van der Waals surface area contributed by atoms with Gasteiger partial charge in [0.2, 0.25) is 11.8 Å². The van der Waals surface area contributed by atoms with Crippen molar-refractivity contribution in [3.8, 4) is 0 Å². The molecule has 4 N–H and O–H groups in total. The zero-order valence-electron chi connectivity index (χ0n) is 11.1. The van der Waals surface area contributed by atoms with Crippen molar-refractivity contribution < 1.29 is 9.59 Å². The summed E-state index contributed by atoms with van der Waals surface area (Å²) in [6.45, 7) is 4.06. The van der Waals surface area contributed by atoms with Gasteiger partial charge in [-0.3, -0.25) is 9.59 Å². The van der Waals surface area contributed by atoms with Crippen LogP contribution in [0.4, 0.5) is 0 Å². The van der Waals surface area contributed by atoms with Crippen LogP contribution in [-0.2, 0) is 9.59 Å². The smallest absolute Gasteiger partial charge is 0.221 e. The van der Waals surface area contributed by atoms with Crippen molar-refractivity contribution in [2.75, 3.05) is 0 Å². The van der Waals surface area contributed by atoms with Crippen molar-refractivity contribution in [1.29, 1.82) is 0 Å². The van der Waals surface area contributed by atoms with Crippen molar-refractivity contribution in [3.05, 3.63) is 23.8 Å². The normalized spacial score (nSPS) is 24.4. The number of carbonyl (C=O) groups excluding carboxylic acids is 2. The predicted molar refractivity (Wildman–Crippen MR) is 71.4 cm³/mol. The molecule has 2 amide bonds. The minimum absolute atomic E-state index is 0.247. The molecule has 0 saturated heterocycles. The third-order valence-electron chi connectivity index (χ3n) is 3.65. The summed E-state index contributed by atoms with van der Waals surface area (Å²) >= 11 is 0. The standard InChI is InChI=1S/C14H22N2O2/c1-10-6-8-14(2,9-7-10)11(13(16)18)4-3-5-12(15)17/h6-8,11H,3-5,9H2,1-2H3,(H2,15,17)(H2,16,18). The van der Waals surface area contributed by atoms with Crippen molar-refractivity contribution in [2.45, 2.75) is 39.5 Å². The second-order valence-electron chi connectivity index (χ2n) is 5.30. The summed E-state index contributed by atoms with van der Waals surface area (Å²) in [5, 5.41) is 0. The maximum atomic E-state index is 11.6. The average Bonchev–Trinajstić information content (AvgIpc) is 2.28. The highest BCUT2D eigenvalue weighted by Gasteiger charge is 2.35. The molecule has 1 rings (SSSR count). The van der Waals surface area contributed by atoms with Crippen LogP contribution in [0.2, 0.25) is 0 Å². The van der Waals surface area contributed by atoms with Gasteiger partial charge in [-0.15, -0.1) is 0 Å². The molecule has 0 heterocycles. The molecule has 0 aromatic carbocycles. The molecular weight excluding hydrogens is 228 g/mol. The molecule has 100 valence electrons. The second-order valence-corrected chi connectivity index (χ2v) is 5.30. The van der Waals surface area contributed by atoms with Crippen LogP contribution >= 0.6 is 0 Å². The Kier molecular flexibility index (Phi) is 4.70. The van der Waals surface area contributed by atoms with Gasteiger partial charge in [0.1, 0.15) is 0 Å². The molecule has 0 spiro atoms. The molecule has 0 aromatic heterocycles. The summed E-state index contributed by atoms with van der Waals surface area (Å²) in [4.78, 5) is 22.3. The molecule has 4 heteroatoms. The molecule has 1 aliphatic rings. The Hall–Kier alpha value is -1.58. The first kappa shape index (κ1) is 14.5. The maximum absolute atomic E-state index is 11.6. The Labute approximate surface area is 108 Å². The number of rotatable bonds is 6. The van der Waals surface area contributed by atoms with E-state index in [1.807, 2.05) is 19.9 Å². The van der Waals surface area contributed by atoms with Gasteiger partial charge in [-0.25, -0.2) is 0 Å². The van der Waals surface area contributed by atoms with Crippen LogP contribution in [-0.4, -0.2) is 11.8 Å². The Morgan fingerprint density at radius 2 is 2.11 bits per heavy atom. The van der Waals surface area contributed by atoms with Crippen LogP contribution in [0.1, 0.15) is 39.5 Å². The number of primary amides is 2. The highest BCUT2D eigenvalue weighted by molar-refractivity contribution is 5.78. The van der Waals surface area contributed by atoms with Crippen molar-refractivity contribution >= 4 is 11.8 Å². The molecule has 0 aromatic rings. The molecule has 0 saturated carbocycles. The molecule has 4 nitrogen and oxygen atoms in total. The van der Waals surface area contributed by atoms with Crippen LogP contribution in [0.3, 0.4) is 0 Å². The third-order valence-corrected chi connectivity index (χ3v) is 3.65. The fourth-order valence-electron chi connectivity index (χ4n) is 2.37. The van der Waals surface area contributed by atoms with Gasteiger partial charge in [0.15, 0.2) is 0 Å². The first-order chi connectivity index (χ1) is 8.35. The average molecular weight is 250 g/mol. The third kappa shape index (κ3) is 3.72. The topological polar surface area (TPSA) is 86.2 Å². The van der Waals surface area contributed by atoms with Gasteiger partial charge in [0.25, 0.3) is 0 Å². The summed E-state index contributed by atoms with van der Waals surface area (Å²) < 4.78 is 0. The van der Waals surface area contributed by atoms with Gasteiger partial charge in [-0.2, -0.15) is 0 Å².